The van der Waals surface area contributed by atoms with E-state index in [1.807, 2.05) is 19.1 Å². The zero-order valence-corrected chi connectivity index (χ0v) is 15.0. The molecule has 2 aliphatic rings. The third-order valence-electron chi connectivity index (χ3n) is 4.58. The van der Waals surface area contributed by atoms with Crippen LogP contribution in [0.15, 0.2) is 12.1 Å². The van der Waals surface area contributed by atoms with E-state index in [2.05, 4.69) is 10.2 Å². The van der Waals surface area contributed by atoms with Gasteiger partial charge >= 0.3 is 0 Å². The van der Waals surface area contributed by atoms with Crippen LogP contribution in [0, 0.1) is 6.92 Å². The van der Waals surface area contributed by atoms with E-state index in [9.17, 15) is 0 Å². The van der Waals surface area contributed by atoms with Gasteiger partial charge in [-0.2, -0.15) is 0 Å². The average Bonchev–Trinajstić information content (AvgIpc) is 2.58. The first-order valence-electron chi connectivity index (χ1n) is 8.29. The van der Waals surface area contributed by atoms with Gasteiger partial charge in [-0.05, 0) is 37.5 Å². The number of rotatable bonds is 4. The van der Waals surface area contributed by atoms with E-state index in [1.165, 1.54) is 0 Å². The van der Waals surface area contributed by atoms with E-state index in [-0.39, 0.29) is 6.10 Å². The number of morpholine rings is 1. The number of benzene rings is 1. The number of halogens is 2. The highest BCUT2D eigenvalue weighted by atomic mass is 35.5. The van der Waals surface area contributed by atoms with Crippen LogP contribution < -0.4 is 10.1 Å². The second-order valence-corrected chi connectivity index (χ2v) is 7.08. The quantitative estimate of drug-likeness (QED) is 0.896. The summed E-state index contributed by atoms with van der Waals surface area (Å²) in [5, 5.41) is 4.69. The number of likely N-dealkylation sites (tertiary alicyclic amines) is 1. The first-order valence-corrected chi connectivity index (χ1v) is 9.05. The topological polar surface area (TPSA) is 33.7 Å². The Hall–Kier alpha value is -0.520. The first kappa shape index (κ1) is 17.3. The molecule has 0 aliphatic carbocycles. The Bertz CT molecular complexity index is 528. The van der Waals surface area contributed by atoms with Gasteiger partial charge in [-0.1, -0.05) is 23.2 Å². The largest absolute Gasteiger partial charge is 0.489 e. The van der Waals surface area contributed by atoms with Crippen molar-refractivity contribution in [3.8, 4) is 5.75 Å². The van der Waals surface area contributed by atoms with Crippen molar-refractivity contribution in [1.29, 1.82) is 0 Å². The van der Waals surface area contributed by atoms with Gasteiger partial charge < -0.3 is 19.7 Å². The van der Waals surface area contributed by atoms with Crippen LogP contribution in [0.25, 0.3) is 0 Å². The second-order valence-electron chi connectivity index (χ2n) is 6.30. The highest BCUT2D eigenvalue weighted by Crippen LogP contribution is 2.34. The lowest BCUT2D eigenvalue weighted by Gasteiger charge is -2.35. The summed E-state index contributed by atoms with van der Waals surface area (Å²) in [4.78, 5) is 2.46. The van der Waals surface area contributed by atoms with Gasteiger partial charge in [-0.15, -0.1) is 0 Å². The molecule has 2 heterocycles. The summed E-state index contributed by atoms with van der Waals surface area (Å²) in [5.41, 5.74) is 0.880. The summed E-state index contributed by atoms with van der Waals surface area (Å²) < 4.78 is 11.9. The Morgan fingerprint density at radius 2 is 2.09 bits per heavy atom. The summed E-state index contributed by atoms with van der Waals surface area (Å²) in [7, 11) is 0. The molecule has 1 unspecified atom stereocenters. The number of nitrogens with one attached hydrogen (secondary N) is 1. The molecular formula is C17H24Cl2N2O2. The maximum Gasteiger partial charge on any atom is 0.138 e. The van der Waals surface area contributed by atoms with E-state index < -0.39 is 0 Å². The van der Waals surface area contributed by atoms with E-state index in [4.69, 9.17) is 32.7 Å². The molecule has 1 N–H and O–H groups in total. The molecule has 2 aliphatic heterocycles. The SMILES string of the molecule is Cc1c(Cl)ccc(OC2CCN(CC3CNCCO3)CC2)c1Cl. The maximum atomic E-state index is 6.33. The van der Waals surface area contributed by atoms with Crippen LogP contribution in [0.2, 0.25) is 10.0 Å². The molecule has 0 amide bonds. The molecule has 128 valence electrons. The third kappa shape index (κ3) is 4.52. The Morgan fingerprint density at radius 3 is 2.78 bits per heavy atom. The molecule has 0 aromatic heterocycles. The molecule has 0 radical (unpaired) electrons. The Labute approximate surface area is 148 Å². The number of piperidine rings is 1. The minimum absolute atomic E-state index is 0.217. The zero-order valence-electron chi connectivity index (χ0n) is 13.5. The summed E-state index contributed by atoms with van der Waals surface area (Å²) in [6, 6.07) is 3.71. The van der Waals surface area contributed by atoms with Crippen molar-refractivity contribution in [2.75, 3.05) is 39.3 Å². The van der Waals surface area contributed by atoms with Crippen molar-refractivity contribution in [3.63, 3.8) is 0 Å². The van der Waals surface area contributed by atoms with Gasteiger partial charge in [0.25, 0.3) is 0 Å². The van der Waals surface area contributed by atoms with Crippen molar-refractivity contribution in [1.82, 2.24) is 10.2 Å². The highest BCUT2D eigenvalue weighted by molar-refractivity contribution is 6.36. The lowest BCUT2D eigenvalue weighted by molar-refractivity contribution is -0.00562. The predicted octanol–water partition coefficient (Wildman–Crippen LogP) is 3.13. The van der Waals surface area contributed by atoms with E-state index >= 15 is 0 Å². The van der Waals surface area contributed by atoms with Crippen LogP contribution in [0.5, 0.6) is 5.75 Å². The predicted molar refractivity (Wildman–Crippen MR) is 93.9 cm³/mol. The van der Waals surface area contributed by atoms with E-state index in [1.54, 1.807) is 0 Å². The highest BCUT2D eigenvalue weighted by Gasteiger charge is 2.24. The summed E-state index contributed by atoms with van der Waals surface area (Å²) in [6.07, 6.45) is 2.56. The fourth-order valence-electron chi connectivity index (χ4n) is 3.14. The minimum Gasteiger partial charge on any atom is -0.489 e. The third-order valence-corrected chi connectivity index (χ3v) is 5.46. The normalized spacial score (nSPS) is 23.9. The van der Waals surface area contributed by atoms with Crippen molar-refractivity contribution >= 4 is 23.2 Å². The van der Waals surface area contributed by atoms with Gasteiger partial charge in [0.05, 0.1) is 17.7 Å². The van der Waals surface area contributed by atoms with Crippen LogP contribution in [0.3, 0.4) is 0 Å². The van der Waals surface area contributed by atoms with Gasteiger partial charge in [0.15, 0.2) is 0 Å². The molecule has 4 nitrogen and oxygen atoms in total. The Balaban J connectivity index is 1.48. The molecular weight excluding hydrogens is 335 g/mol. The number of ether oxygens (including phenoxy) is 2. The summed E-state index contributed by atoms with van der Waals surface area (Å²) in [5.74, 6) is 0.742. The van der Waals surface area contributed by atoms with Crippen molar-refractivity contribution < 1.29 is 9.47 Å². The van der Waals surface area contributed by atoms with Crippen LogP contribution in [0.1, 0.15) is 18.4 Å². The Morgan fingerprint density at radius 1 is 1.30 bits per heavy atom. The molecule has 3 rings (SSSR count). The second kappa shape index (κ2) is 8.04. The molecule has 2 fully saturated rings. The van der Waals surface area contributed by atoms with Crippen LogP contribution in [0.4, 0.5) is 0 Å². The molecule has 2 saturated heterocycles. The van der Waals surface area contributed by atoms with Gasteiger partial charge in [0, 0.05) is 37.7 Å². The van der Waals surface area contributed by atoms with E-state index in [0.717, 1.165) is 63.5 Å². The molecule has 6 heteroatoms. The van der Waals surface area contributed by atoms with Gasteiger partial charge in [-0.3, -0.25) is 0 Å². The first-order chi connectivity index (χ1) is 11.1. The maximum absolute atomic E-state index is 6.33. The molecule has 0 saturated carbocycles. The van der Waals surface area contributed by atoms with E-state index in [0.29, 0.717) is 16.1 Å². The van der Waals surface area contributed by atoms with Crippen LogP contribution in [-0.4, -0.2) is 56.4 Å². The molecule has 0 bridgehead atoms. The minimum atomic E-state index is 0.217. The lowest BCUT2D eigenvalue weighted by atomic mass is 10.1. The van der Waals surface area contributed by atoms with Crippen molar-refractivity contribution in [2.24, 2.45) is 0 Å². The standard InChI is InChI=1S/C17H24Cl2N2O2/c1-12-15(18)2-3-16(17(12)19)23-13-4-7-21(8-5-13)11-14-10-20-6-9-22-14/h2-3,13-14,20H,4-11H2,1H3. The van der Waals surface area contributed by atoms with Gasteiger partial charge in [0.1, 0.15) is 11.9 Å². The van der Waals surface area contributed by atoms with Gasteiger partial charge in [-0.25, -0.2) is 0 Å². The van der Waals surface area contributed by atoms with Crippen molar-refractivity contribution in [3.05, 3.63) is 27.7 Å². The summed E-state index contributed by atoms with van der Waals surface area (Å²) in [6.45, 7) is 7.73. The fraction of sp³-hybridized carbons (Fsp3) is 0.647. The number of hydrogen-bond acceptors (Lipinski definition) is 4. The van der Waals surface area contributed by atoms with Crippen molar-refractivity contribution in [2.45, 2.75) is 32.0 Å². The molecule has 0 spiro atoms. The van der Waals surface area contributed by atoms with Gasteiger partial charge in [0.2, 0.25) is 0 Å². The average molecular weight is 359 g/mol. The summed E-state index contributed by atoms with van der Waals surface area (Å²) >= 11 is 12.4. The molecule has 23 heavy (non-hydrogen) atoms. The fourth-order valence-corrected chi connectivity index (χ4v) is 3.56. The lowest BCUT2D eigenvalue weighted by Crippen LogP contribution is -2.48. The number of hydrogen-bond donors (Lipinski definition) is 1. The Kier molecular flexibility index (Phi) is 6.05. The molecule has 1 atom stereocenters. The monoisotopic (exact) mass is 358 g/mol. The smallest absolute Gasteiger partial charge is 0.138 e. The molecule has 1 aromatic rings. The number of nitrogens with zero attached hydrogens (tertiary/aromatic N) is 1. The zero-order chi connectivity index (χ0) is 16.2. The van der Waals surface area contributed by atoms with Crippen LogP contribution in [-0.2, 0) is 4.74 Å². The molecule has 1 aromatic carbocycles. The van der Waals surface area contributed by atoms with Crippen LogP contribution >= 0.6 is 23.2 Å².